The van der Waals surface area contributed by atoms with Gasteiger partial charge in [0, 0.05) is 6.42 Å². The molecule has 35 heavy (non-hydrogen) atoms. The number of hydrogen-bond donors (Lipinski definition) is 1. The number of carboxylic acid groups (broad SMARTS) is 1. The van der Waals surface area contributed by atoms with Gasteiger partial charge in [0.25, 0.3) is 0 Å². The maximum absolute atomic E-state index is 13.3. The van der Waals surface area contributed by atoms with E-state index in [0.717, 1.165) is 48.2 Å². The molecule has 0 radical (unpaired) electrons. The highest BCUT2D eigenvalue weighted by Gasteiger charge is 2.15. The molecular formula is C29H31N3O3. The Bertz CT molecular complexity index is 1320. The zero-order valence-electron chi connectivity index (χ0n) is 20.1. The molecule has 0 spiro atoms. The smallest absolute Gasteiger partial charge is 0.346 e. The number of rotatable bonds is 11. The fourth-order valence-corrected chi connectivity index (χ4v) is 4.29. The first-order valence-corrected chi connectivity index (χ1v) is 12.2. The van der Waals surface area contributed by atoms with E-state index in [1.165, 1.54) is 6.42 Å². The molecule has 0 saturated carbocycles. The minimum Gasteiger partial charge on any atom is -0.478 e. The van der Waals surface area contributed by atoms with E-state index in [1.807, 2.05) is 66.7 Å². The summed E-state index contributed by atoms with van der Waals surface area (Å²) in [5.41, 5.74) is 3.68. The zero-order valence-corrected chi connectivity index (χ0v) is 20.1. The number of benzene rings is 3. The van der Waals surface area contributed by atoms with Crippen LogP contribution in [0.2, 0.25) is 0 Å². The van der Waals surface area contributed by atoms with Crippen molar-refractivity contribution in [2.24, 2.45) is 0 Å². The van der Waals surface area contributed by atoms with Gasteiger partial charge in [-0.2, -0.15) is 5.10 Å². The molecule has 1 heterocycles. The Hall–Kier alpha value is -3.93. The summed E-state index contributed by atoms with van der Waals surface area (Å²) in [6.07, 6.45) is 5.22. The number of aryl methyl sites for hydroxylation is 1. The number of aromatic carboxylic acids is 1. The first-order valence-electron chi connectivity index (χ1n) is 12.2. The van der Waals surface area contributed by atoms with E-state index in [1.54, 1.807) is 21.4 Å². The molecule has 6 nitrogen and oxygen atoms in total. The van der Waals surface area contributed by atoms with Gasteiger partial charge in [-0.1, -0.05) is 99.0 Å². The van der Waals surface area contributed by atoms with Crippen LogP contribution in [0.1, 0.15) is 59.9 Å². The lowest BCUT2D eigenvalue weighted by atomic mass is 9.99. The van der Waals surface area contributed by atoms with E-state index >= 15 is 0 Å². The molecule has 0 unspecified atom stereocenters. The lowest BCUT2D eigenvalue weighted by molar-refractivity contribution is 0.0697. The number of hydrogen-bond acceptors (Lipinski definition) is 3. The second-order valence-electron chi connectivity index (χ2n) is 8.79. The molecule has 180 valence electrons. The van der Waals surface area contributed by atoms with Crippen molar-refractivity contribution in [2.45, 2.75) is 52.1 Å². The Morgan fingerprint density at radius 2 is 1.51 bits per heavy atom. The maximum atomic E-state index is 13.3. The molecule has 0 atom stereocenters. The molecule has 1 aromatic heterocycles. The van der Waals surface area contributed by atoms with Gasteiger partial charge >= 0.3 is 11.7 Å². The lowest BCUT2D eigenvalue weighted by Gasteiger charge is -2.09. The average Bonchev–Trinajstić information content (AvgIpc) is 3.16. The summed E-state index contributed by atoms with van der Waals surface area (Å²) in [4.78, 5) is 24.9. The fourth-order valence-electron chi connectivity index (χ4n) is 4.29. The molecule has 0 aliphatic heterocycles. The lowest BCUT2D eigenvalue weighted by Crippen LogP contribution is -2.26. The molecule has 1 N–H and O–H groups in total. The first kappa shape index (κ1) is 24.2. The summed E-state index contributed by atoms with van der Waals surface area (Å²) in [5.74, 6) is -0.142. The van der Waals surface area contributed by atoms with E-state index in [0.29, 0.717) is 18.7 Å². The number of unbranched alkanes of at least 4 members (excludes halogenated alkanes) is 3. The minimum atomic E-state index is -0.949. The van der Waals surface area contributed by atoms with Crippen molar-refractivity contribution >= 4 is 5.97 Å². The van der Waals surface area contributed by atoms with Crippen LogP contribution in [0.25, 0.3) is 11.1 Å². The van der Waals surface area contributed by atoms with Crippen LogP contribution in [0.15, 0.2) is 83.7 Å². The Morgan fingerprint density at radius 1 is 0.829 bits per heavy atom. The third-order valence-electron chi connectivity index (χ3n) is 6.19. The van der Waals surface area contributed by atoms with Gasteiger partial charge in [-0.15, -0.1) is 0 Å². The van der Waals surface area contributed by atoms with E-state index in [9.17, 15) is 14.7 Å². The van der Waals surface area contributed by atoms with Gasteiger partial charge in [0.2, 0.25) is 0 Å². The van der Waals surface area contributed by atoms with Crippen molar-refractivity contribution in [3.8, 4) is 11.1 Å². The summed E-state index contributed by atoms with van der Waals surface area (Å²) >= 11 is 0. The van der Waals surface area contributed by atoms with Crippen LogP contribution in [0.4, 0.5) is 0 Å². The highest BCUT2D eigenvalue weighted by molar-refractivity contribution is 5.95. The standard InChI is InChI=1S/C29H31N3O3/c1-2-3-4-8-15-27-30-32(21-22-11-6-5-7-12-22)29(35)31(27)20-23-16-18-24(19-17-23)25-13-9-10-14-26(25)28(33)34/h5-7,9-14,16-19H,2-4,8,15,20-21H2,1H3,(H,33,34). The molecule has 6 heteroatoms. The second kappa shape index (κ2) is 11.5. The van der Waals surface area contributed by atoms with Gasteiger partial charge < -0.3 is 5.11 Å². The van der Waals surface area contributed by atoms with Crippen molar-refractivity contribution in [1.29, 1.82) is 0 Å². The van der Waals surface area contributed by atoms with Gasteiger partial charge in [-0.25, -0.2) is 14.3 Å². The van der Waals surface area contributed by atoms with Crippen LogP contribution in [-0.2, 0) is 19.5 Å². The van der Waals surface area contributed by atoms with Crippen LogP contribution in [0.5, 0.6) is 0 Å². The maximum Gasteiger partial charge on any atom is 0.346 e. The van der Waals surface area contributed by atoms with Gasteiger partial charge in [0.1, 0.15) is 5.82 Å². The predicted octanol–water partition coefficient (Wildman–Crippen LogP) is 5.63. The topological polar surface area (TPSA) is 77.1 Å². The van der Waals surface area contributed by atoms with Crippen LogP contribution in [0.3, 0.4) is 0 Å². The monoisotopic (exact) mass is 469 g/mol. The van der Waals surface area contributed by atoms with Crippen LogP contribution >= 0.6 is 0 Å². The van der Waals surface area contributed by atoms with E-state index in [4.69, 9.17) is 5.10 Å². The summed E-state index contributed by atoms with van der Waals surface area (Å²) in [5, 5.41) is 14.2. The van der Waals surface area contributed by atoms with Gasteiger partial charge in [-0.3, -0.25) is 4.57 Å². The van der Waals surface area contributed by atoms with Crippen LogP contribution in [0, 0.1) is 0 Å². The molecule has 0 bridgehead atoms. The number of carboxylic acids is 1. The second-order valence-corrected chi connectivity index (χ2v) is 8.79. The van der Waals surface area contributed by atoms with Crippen molar-refractivity contribution in [3.05, 3.63) is 112 Å². The minimum absolute atomic E-state index is 0.111. The van der Waals surface area contributed by atoms with Crippen molar-refractivity contribution < 1.29 is 9.90 Å². The molecule has 4 rings (SSSR count). The third kappa shape index (κ3) is 5.96. The predicted molar refractivity (Wildman–Crippen MR) is 138 cm³/mol. The number of carbonyl (C=O) groups is 1. The van der Waals surface area contributed by atoms with E-state index in [2.05, 4.69) is 6.92 Å². The summed E-state index contributed by atoms with van der Waals surface area (Å²) in [6.45, 7) is 3.06. The van der Waals surface area contributed by atoms with E-state index < -0.39 is 5.97 Å². The zero-order chi connectivity index (χ0) is 24.6. The van der Waals surface area contributed by atoms with Crippen molar-refractivity contribution in [1.82, 2.24) is 14.3 Å². The normalized spacial score (nSPS) is 11.0. The van der Waals surface area contributed by atoms with Crippen LogP contribution < -0.4 is 5.69 Å². The number of nitrogens with zero attached hydrogens (tertiary/aromatic N) is 3. The molecule has 4 aromatic rings. The average molecular weight is 470 g/mol. The van der Waals surface area contributed by atoms with Gasteiger partial charge in [0.05, 0.1) is 18.7 Å². The van der Waals surface area contributed by atoms with Crippen molar-refractivity contribution in [2.75, 3.05) is 0 Å². The quantitative estimate of drug-likeness (QED) is 0.289. The third-order valence-corrected chi connectivity index (χ3v) is 6.19. The highest BCUT2D eigenvalue weighted by Crippen LogP contribution is 2.24. The number of aromatic nitrogens is 3. The summed E-state index contributed by atoms with van der Waals surface area (Å²) < 4.78 is 3.33. The largest absolute Gasteiger partial charge is 0.478 e. The molecular weight excluding hydrogens is 438 g/mol. The molecule has 0 aliphatic rings. The molecule has 0 amide bonds. The Morgan fingerprint density at radius 3 is 2.23 bits per heavy atom. The Kier molecular flexibility index (Phi) is 7.93. The molecule has 0 fully saturated rings. The van der Waals surface area contributed by atoms with Crippen molar-refractivity contribution in [3.63, 3.8) is 0 Å². The molecule has 0 aliphatic carbocycles. The first-order chi connectivity index (χ1) is 17.1. The summed E-state index contributed by atoms with van der Waals surface area (Å²) in [7, 11) is 0. The summed E-state index contributed by atoms with van der Waals surface area (Å²) in [6, 6.07) is 24.6. The highest BCUT2D eigenvalue weighted by atomic mass is 16.4. The Balaban J connectivity index is 1.59. The van der Waals surface area contributed by atoms with Gasteiger partial charge in [-0.05, 0) is 34.7 Å². The fraction of sp³-hybridized carbons (Fsp3) is 0.276. The SMILES string of the molecule is CCCCCCc1nn(Cc2ccccc2)c(=O)n1Cc1ccc(-c2ccccc2C(=O)O)cc1. The molecule has 3 aromatic carbocycles. The van der Waals surface area contributed by atoms with Crippen LogP contribution in [-0.4, -0.2) is 25.4 Å². The van der Waals surface area contributed by atoms with Gasteiger partial charge in [0.15, 0.2) is 0 Å². The molecule has 0 saturated heterocycles. The van der Waals surface area contributed by atoms with E-state index in [-0.39, 0.29) is 11.3 Å². The Labute approximate surface area is 205 Å².